The Bertz CT molecular complexity index is 810. The number of aromatic nitrogens is 2. The van der Waals surface area contributed by atoms with Gasteiger partial charge in [-0.05, 0) is 18.6 Å². The Balaban J connectivity index is 0.00000289. The number of morpholine rings is 1. The zero-order chi connectivity index (χ0) is 21.3. The van der Waals surface area contributed by atoms with E-state index in [2.05, 4.69) is 67.2 Å². The molecule has 2 fully saturated rings. The smallest absolute Gasteiger partial charge is 0.225 e. The lowest BCUT2D eigenvalue weighted by atomic mass is 10.0. The summed E-state index contributed by atoms with van der Waals surface area (Å²) in [5.74, 6) is 1.80. The van der Waals surface area contributed by atoms with Gasteiger partial charge in [0.05, 0.1) is 25.8 Å². The molecule has 0 bridgehead atoms. The molecule has 0 radical (unpaired) electrons. The average molecular weight is 551 g/mol. The van der Waals surface area contributed by atoms with Crippen molar-refractivity contribution in [2.45, 2.75) is 13.0 Å². The Hall–Kier alpha value is -1.98. The highest BCUT2D eigenvalue weighted by molar-refractivity contribution is 14.0. The van der Waals surface area contributed by atoms with E-state index < -0.39 is 0 Å². The fourth-order valence-electron chi connectivity index (χ4n) is 4.17. The monoisotopic (exact) mass is 551 g/mol. The highest BCUT2D eigenvalue weighted by atomic mass is 127. The fourth-order valence-corrected chi connectivity index (χ4v) is 4.17. The number of nitrogens with one attached hydrogen (secondary N) is 1. The lowest BCUT2D eigenvalue weighted by Gasteiger charge is -2.37. The first-order valence-electron chi connectivity index (χ1n) is 11.3. The van der Waals surface area contributed by atoms with Crippen LogP contribution in [0.3, 0.4) is 0 Å². The van der Waals surface area contributed by atoms with Gasteiger partial charge in [-0.25, -0.2) is 9.97 Å². The molecule has 1 unspecified atom stereocenters. The van der Waals surface area contributed by atoms with E-state index in [1.54, 1.807) is 12.4 Å². The maximum atomic E-state index is 5.58. The van der Waals surface area contributed by atoms with Crippen LogP contribution in [0.5, 0.6) is 0 Å². The quantitative estimate of drug-likeness (QED) is 0.336. The second-order valence-electron chi connectivity index (χ2n) is 7.79. The van der Waals surface area contributed by atoms with Gasteiger partial charge < -0.3 is 19.9 Å². The number of ether oxygens (including phenoxy) is 1. The summed E-state index contributed by atoms with van der Waals surface area (Å²) >= 11 is 0. The third-order valence-corrected chi connectivity index (χ3v) is 5.83. The van der Waals surface area contributed by atoms with Crippen LogP contribution in [0.1, 0.15) is 18.5 Å². The van der Waals surface area contributed by atoms with Crippen molar-refractivity contribution in [2.24, 2.45) is 4.99 Å². The van der Waals surface area contributed by atoms with Crippen molar-refractivity contribution in [1.29, 1.82) is 0 Å². The minimum absolute atomic E-state index is 0. The minimum atomic E-state index is 0. The van der Waals surface area contributed by atoms with E-state index in [4.69, 9.17) is 9.73 Å². The van der Waals surface area contributed by atoms with E-state index in [-0.39, 0.29) is 30.0 Å². The van der Waals surface area contributed by atoms with Crippen molar-refractivity contribution in [3.63, 3.8) is 0 Å². The van der Waals surface area contributed by atoms with E-state index in [1.165, 1.54) is 5.56 Å². The molecule has 1 atom stereocenters. The van der Waals surface area contributed by atoms with Gasteiger partial charge in [-0.2, -0.15) is 0 Å². The van der Waals surface area contributed by atoms with Crippen molar-refractivity contribution in [3.8, 4) is 0 Å². The van der Waals surface area contributed by atoms with E-state index in [1.807, 2.05) is 6.07 Å². The molecule has 1 aromatic heterocycles. The van der Waals surface area contributed by atoms with Gasteiger partial charge in [0, 0.05) is 58.2 Å². The molecule has 2 aromatic rings. The first-order valence-corrected chi connectivity index (χ1v) is 11.3. The van der Waals surface area contributed by atoms with E-state index >= 15 is 0 Å². The SMILES string of the molecule is CCNC(=NCC(c1ccccc1)N1CCOCC1)N1CCN(c2ncccn2)CC1.I. The molecule has 4 rings (SSSR count). The molecule has 9 heteroatoms. The summed E-state index contributed by atoms with van der Waals surface area (Å²) in [6.07, 6.45) is 3.60. The highest BCUT2D eigenvalue weighted by Gasteiger charge is 2.24. The van der Waals surface area contributed by atoms with Gasteiger partial charge in [-0.1, -0.05) is 30.3 Å². The van der Waals surface area contributed by atoms with Gasteiger partial charge in [-0.3, -0.25) is 9.89 Å². The van der Waals surface area contributed by atoms with Crippen LogP contribution < -0.4 is 10.2 Å². The molecule has 32 heavy (non-hydrogen) atoms. The molecule has 0 amide bonds. The van der Waals surface area contributed by atoms with Crippen LogP contribution in [-0.2, 0) is 4.74 Å². The highest BCUT2D eigenvalue weighted by Crippen LogP contribution is 2.22. The molecular weight excluding hydrogens is 517 g/mol. The summed E-state index contributed by atoms with van der Waals surface area (Å²) in [6.45, 7) is 10.8. The Kier molecular flexibility index (Phi) is 9.94. The third kappa shape index (κ3) is 6.52. The Morgan fingerprint density at radius 3 is 2.34 bits per heavy atom. The summed E-state index contributed by atoms with van der Waals surface area (Å²) < 4.78 is 5.58. The average Bonchev–Trinajstić information content (AvgIpc) is 2.85. The second kappa shape index (κ2) is 12.9. The lowest BCUT2D eigenvalue weighted by molar-refractivity contribution is 0.0179. The summed E-state index contributed by atoms with van der Waals surface area (Å²) in [5.41, 5.74) is 1.31. The molecule has 0 aliphatic carbocycles. The Morgan fingerprint density at radius 2 is 1.69 bits per heavy atom. The molecule has 1 aromatic carbocycles. The number of benzene rings is 1. The Morgan fingerprint density at radius 1 is 1.00 bits per heavy atom. The summed E-state index contributed by atoms with van der Waals surface area (Å²) in [7, 11) is 0. The number of anilines is 1. The van der Waals surface area contributed by atoms with Crippen LogP contribution in [0.25, 0.3) is 0 Å². The maximum Gasteiger partial charge on any atom is 0.225 e. The number of nitrogens with zero attached hydrogens (tertiary/aromatic N) is 6. The zero-order valence-corrected chi connectivity index (χ0v) is 21.1. The maximum absolute atomic E-state index is 5.58. The summed E-state index contributed by atoms with van der Waals surface area (Å²) in [6, 6.07) is 12.8. The number of rotatable bonds is 6. The summed E-state index contributed by atoms with van der Waals surface area (Å²) in [5, 5.41) is 3.50. The predicted octanol–water partition coefficient (Wildman–Crippen LogP) is 2.26. The largest absolute Gasteiger partial charge is 0.379 e. The minimum Gasteiger partial charge on any atom is -0.379 e. The van der Waals surface area contributed by atoms with E-state index in [0.29, 0.717) is 0 Å². The molecule has 2 aliphatic heterocycles. The third-order valence-electron chi connectivity index (χ3n) is 5.83. The number of hydrogen-bond donors (Lipinski definition) is 1. The number of hydrogen-bond acceptors (Lipinski definition) is 6. The number of aliphatic imine (C=N–C) groups is 1. The molecule has 8 nitrogen and oxygen atoms in total. The molecule has 0 saturated carbocycles. The van der Waals surface area contributed by atoms with Crippen LogP contribution in [0, 0.1) is 0 Å². The molecular formula is C23H34IN7O. The van der Waals surface area contributed by atoms with Crippen LogP contribution in [-0.4, -0.2) is 91.3 Å². The van der Waals surface area contributed by atoms with Crippen molar-refractivity contribution in [3.05, 3.63) is 54.4 Å². The van der Waals surface area contributed by atoms with E-state index in [0.717, 1.165) is 77.5 Å². The van der Waals surface area contributed by atoms with Gasteiger partial charge in [0.2, 0.25) is 5.95 Å². The summed E-state index contributed by atoms with van der Waals surface area (Å²) in [4.78, 5) is 20.9. The van der Waals surface area contributed by atoms with Gasteiger partial charge >= 0.3 is 0 Å². The molecule has 2 saturated heterocycles. The first-order chi connectivity index (χ1) is 15.3. The first kappa shape index (κ1) is 24.7. The number of piperazine rings is 1. The lowest BCUT2D eigenvalue weighted by Crippen LogP contribution is -2.53. The van der Waals surface area contributed by atoms with E-state index in [9.17, 15) is 0 Å². The van der Waals surface area contributed by atoms with Crippen LogP contribution in [0.4, 0.5) is 5.95 Å². The molecule has 174 valence electrons. The van der Waals surface area contributed by atoms with Gasteiger partial charge in [0.1, 0.15) is 0 Å². The number of halogens is 1. The van der Waals surface area contributed by atoms with Crippen molar-refractivity contribution in [1.82, 2.24) is 25.1 Å². The zero-order valence-electron chi connectivity index (χ0n) is 18.8. The molecule has 3 heterocycles. The van der Waals surface area contributed by atoms with Gasteiger partial charge in [-0.15, -0.1) is 24.0 Å². The van der Waals surface area contributed by atoms with Crippen molar-refractivity contribution >= 4 is 35.9 Å². The van der Waals surface area contributed by atoms with Crippen LogP contribution in [0.2, 0.25) is 0 Å². The molecule has 1 N–H and O–H groups in total. The molecule has 0 spiro atoms. The number of guanidine groups is 1. The topological polar surface area (TPSA) is 69.1 Å². The normalized spacial score (nSPS) is 18.7. The van der Waals surface area contributed by atoms with Crippen molar-refractivity contribution < 1.29 is 4.74 Å². The van der Waals surface area contributed by atoms with Crippen LogP contribution in [0.15, 0.2) is 53.8 Å². The second-order valence-corrected chi connectivity index (χ2v) is 7.79. The standard InChI is InChI=1S/C23H33N7O.HI/c1-2-24-22(29-11-13-30(14-12-29)23-25-9-6-10-26-23)27-19-21(20-7-4-3-5-8-20)28-15-17-31-18-16-28;/h3-10,21H,2,11-19H2,1H3,(H,24,27);1H. The Labute approximate surface area is 208 Å². The van der Waals surface area contributed by atoms with Crippen molar-refractivity contribution in [2.75, 3.05) is 70.5 Å². The van der Waals surface area contributed by atoms with Gasteiger partial charge in [0.15, 0.2) is 5.96 Å². The molecule has 2 aliphatic rings. The van der Waals surface area contributed by atoms with Crippen LogP contribution >= 0.6 is 24.0 Å². The predicted molar refractivity (Wildman–Crippen MR) is 139 cm³/mol. The van der Waals surface area contributed by atoms with Gasteiger partial charge in [0.25, 0.3) is 0 Å². The fraction of sp³-hybridized carbons (Fsp3) is 0.522.